The molecule has 0 spiro atoms. The molecule has 120 valence electrons. The SMILES string of the molecule is Cc1ccc(S(=O)(=O)N2CCC(C(=O)O)CC2)cc1C(N)=O. The van der Waals surface area contributed by atoms with Gasteiger partial charge in [-0.3, -0.25) is 9.59 Å². The highest BCUT2D eigenvalue weighted by atomic mass is 32.2. The normalized spacial score (nSPS) is 17.3. The molecule has 1 saturated heterocycles. The van der Waals surface area contributed by atoms with Crippen LogP contribution in [-0.2, 0) is 14.8 Å². The monoisotopic (exact) mass is 326 g/mol. The fourth-order valence-corrected chi connectivity index (χ4v) is 4.02. The minimum absolute atomic E-state index is 0.000625. The lowest BCUT2D eigenvalue weighted by molar-refractivity contribution is -0.142. The van der Waals surface area contributed by atoms with Crippen molar-refractivity contribution in [1.29, 1.82) is 0 Å². The Morgan fingerprint density at radius 3 is 2.36 bits per heavy atom. The third-order valence-electron chi connectivity index (χ3n) is 3.92. The van der Waals surface area contributed by atoms with Crippen molar-refractivity contribution >= 4 is 21.9 Å². The first-order valence-electron chi connectivity index (χ1n) is 6.87. The maximum absolute atomic E-state index is 12.6. The second kappa shape index (κ2) is 6.05. The van der Waals surface area contributed by atoms with E-state index in [0.29, 0.717) is 5.56 Å². The molecule has 7 nitrogen and oxygen atoms in total. The Balaban J connectivity index is 2.26. The maximum atomic E-state index is 12.6. The lowest BCUT2D eigenvalue weighted by Crippen LogP contribution is -2.40. The number of benzene rings is 1. The molecule has 1 aromatic rings. The summed E-state index contributed by atoms with van der Waals surface area (Å²) in [5.41, 5.74) is 6.02. The van der Waals surface area contributed by atoms with Crippen LogP contribution in [0.25, 0.3) is 0 Å². The topological polar surface area (TPSA) is 118 Å². The number of piperidine rings is 1. The summed E-state index contributed by atoms with van der Waals surface area (Å²) in [6.07, 6.45) is 0.562. The van der Waals surface area contributed by atoms with Gasteiger partial charge in [-0.1, -0.05) is 6.07 Å². The van der Waals surface area contributed by atoms with Gasteiger partial charge < -0.3 is 10.8 Å². The Morgan fingerprint density at radius 2 is 1.86 bits per heavy atom. The number of hydrogen-bond acceptors (Lipinski definition) is 4. The summed E-state index contributed by atoms with van der Waals surface area (Å²) in [5, 5.41) is 8.95. The molecule has 0 unspecified atom stereocenters. The number of nitrogens with zero attached hydrogens (tertiary/aromatic N) is 1. The van der Waals surface area contributed by atoms with E-state index in [9.17, 15) is 18.0 Å². The van der Waals surface area contributed by atoms with Crippen LogP contribution < -0.4 is 5.73 Å². The summed E-state index contributed by atoms with van der Waals surface area (Å²) in [5.74, 6) is -2.09. The Hall–Kier alpha value is -1.93. The van der Waals surface area contributed by atoms with Gasteiger partial charge in [-0.05, 0) is 37.5 Å². The number of carboxylic acid groups (broad SMARTS) is 1. The molecule has 0 bridgehead atoms. The van der Waals surface area contributed by atoms with Crippen LogP contribution in [0.3, 0.4) is 0 Å². The molecule has 0 saturated carbocycles. The number of nitrogens with two attached hydrogens (primary N) is 1. The van der Waals surface area contributed by atoms with Crippen molar-refractivity contribution in [3.05, 3.63) is 29.3 Å². The maximum Gasteiger partial charge on any atom is 0.306 e. The number of amides is 1. The first-order chi connectivity index (χ1) is 10.2. The summed E-state index contributed by atoms with van der Waals surface area (Å²) in [6.45, 7) is 1.98. The number of aliphatic carboxylic acids is 1. The number of primary amides is 1. The van der Waals surface area contributed by atoms with E-state index in [4.69, 9.17) is 10.8 Å². The van der Waals surface area contributed by atoms with Gasteiger partial charge in [0.1, 0.15) is 0 Å². The second-order valence-electron chi connectivity index (χ2n) is 5.36. The van der Waals surface area contributed by atoms with E-state index in [2.05, 4.69) is 0 Å². The molecule has 0 aliphatic carbocycles. The standard InChI is InChI=1S/C14H18N2O5S/c1-9-2-3-11(8-12(9)13(15)17)22(20,21)16-6-4-10(5-7-16)14(18)19/h2-3,8,10H,4-7H2,1H3,(H2,15,17)(H,18,19). The fraction of sp³-hybridized carbons (Fsp3) is 0.429. The number of sulfonamides is 1. The average molecular weight is 326 g/mol. The van der Waals surface area contributed by atoms with E-state index < -0.39 is 27.8 Å². The molecule has 1 aliphatic heterocycles. The van der Waals surface area contributed by atoms with E-state index in [1.165, 1.54) is 22.5 Å². The van der Waals surface area contributed by atoms with Gasteiger partial charge >= 0.3 is 5.97 Å². The number of rotatable bonds is 4. The Morgan fingerprint density at radius 1 is 1.27 bits per heavy atom. The minimum atomic E-state index is -3.75. The number of carbonyl (C=O) groups excluding carboxylic acids is 1. The fourth-order valence-electron chi connectivity index (χ4n) is 2.52. The van der Waals surface area contributed by atoms with Crippen molar-refractivity contribution in [3.63, 3.8) is 0 Å². The van der Waals surface area contributed by atoms with Crippen LogP contribution in [-0.4, -0.2) is 42.8 Å². The predicted octanol–water partition coefficient (Wildman–Crippen LogP) is 0.579. The van der Waals surface area contributed by atoms with Crippen molar-refractivity contribution in [1.82, 2.24) is 4.31 Å². The lowest BCUT2D eigenvalue weighted by atomic mass is 9.99. The number of carbonyl (C=O) groups is 2. The van der Waals surface area contributed by atoms with Gasteiger partial charge in [-0.25, -0.2) is 8.42 Å². The van der Waals surface area contributed by atoms with Crippen LogP contribution >= 0.6 is 0 Å². The highest BCUT2D eigenvalue weighted by molar-refractivity contribution is 7.89. The van der Waals surface area contributed by atoms with Crippen molar-refractivity contribution < 1.29 is 23.1 Å². The molecule has 3 N–H and O–H groups in total. The number of carboxylic acids is 1. The molecular weight excluding hydrogens is 308 g/mol. The minimum Gasteiger partial charge on any atom is -0.481 e. The highest BCUT2D eigenvalue weighted by Gasteiger charge is 2.32. The van der Waals surface area contributed by atoms with E-state index in [1.54, 1.807) is 6.92 Å². The summed E-state index contributed by atoms with van der Waals surface area (Å²) in [6, 6.07) is 4.24. The molecule has 0 aromatic heterocycles. The van der Waals surface area contributed by atoms with Crippen LogP contribution in [0.5, 0.6) is 0 Å². The van der Waals surface area contributed by atoms with Gasteiger partial charge in [0.2, 0.25) is 15.9 Å². The molecule has 22 heavy (non-hydrogen) atoms. The molecule has 0 radical (unpaired) electrons. The third kappa shape index (κ3) is 3.12. The number of hydrogen-bond donors (Lipinski definition) is 2. The Kier molecular flexibility index (Phi) is 4.52. The lowest BCUT2D eigenvalue weighted by Gasteiger charge is -2.29. The summed E-state index contributed by atoms with van der Waals surface area (Å²) < 4.78 is 26.4. The largest absolute Gasteiger partial charge is 0.481 e. The zero-order chi connectivity index (χ0) is 16.5. The number of aryl methyl sites for hydroxylation is 1. The van der Waals surface area contributed by atoms with Crippen molar-refractivity contribution in [3.8, 4) is 0 Å². The first kappa shape index (κ1) is 16.4. The second-order valence-corrected chi connectivity index (χ2v) is 7.30. The first-order valence-corrected chi connectivity index (χ1v) is 8.31. The van der Waals surface area contributed by atoms with E-state index in [-0.39, 0.29) is 36.4 Å². The third-order valence-corrected chi connectivity index (χ3v) is 5.81. The summed E-state index contributed by atoms with van der Waals surface area (Å²) in [7, 11) is -3.75. The van der Waals surface area contributed by atoms with Crippen molar-refractivity contribution in [2.75, 3.05) is 13.1 Å². The smallest absolute Gasteiger partial charge is 0.306 e. The van der Waals surface area contributed by atoms with Crippen LogP contribution in [0.2, 0.25) is 0 Å². The molecule has 2 rings (SSSR count). The van der Waals surface area contributed by atoms with E-state index in [0.717, 1.165) is 0 Å². The van der Waals surface area contributed by atoms with Gasteiger partial charge in [0.25, 0.3) is 0 Å². The van der Waals surface area contributed by atoms with Crippen LogP contribution in [0.1, 0.15) is 28.8 Å². The van der Waals surface area contributed by atoms with Crippen LogP contribution in [0, 0.1) is 12.8 Å². The molecule has 1 fully saturated rings. The zero-order valence-corrected chi connectivity index (χ0v) is 13.0. The molecular formula is C14H18N2O5S. The molecule has 8 heteroatoms. The van der Waals surface area contributed by atoms with Crippen molar-refractivity contribution in [2.45, 2.75) is 24.7 Å². The predicted molar refractivity (Wildman–Crippen MR) is 78.8 cm³/mol. The van der Waals surface area contributed by atoms with Crippen LogP contribution in [0.4, 0.5) is 0 Å². The Bertz CT molecular complexity index is 706. The molecule has 1 heterocycles. The Labute approximate surface area is 128 Å². The molecule has 1 aliphatic rings. The van der Waals surface area contributed by atoms with Gasteiger partial charge in [0, 0.05) is 18.7 Å². The highest BCUT2D eigenvalue weighted by Crippen LogP contribution is 2.25. The zero-order valence-electron chi connectivity index (χ0n) is 12.2. The van der Waals surface area contributed by atoms with Gasteiger partial charge in [-0.2, -0.15) is 4.31 Å². The molecule has 1 amide bonds. The van der Waals surface area contributed by atoms with Crippen molar-refractivity contribution in [2.24, 2.45) is 11.7 Å². The molecule has 0 atom stereocenters. The van der Waals surface area contributed by atoms with Gasteiger partial charge in [0.15, 0.2) is 0 Å². The quantitative estimate of drug-likeness (QED) is 0.839. The summed E-state index contributed by atoms with van der Waals surface area (Å²) >= 11 is 0. The average Bonchev–Trinajstić information content (AvgIpc) is 2.47. The summed E-state index contributed by atoms with van der Waals surface area (Å²) in [4.78, 5) is 22.3. The van der Waals surface area contributed by atoms with Gasteiger partial charge in [-0.15, -0.1) is 0 Å². The van der Waals surface area contributed by atoms with E-state index >= 15 is 0 Å². The van der Waals surface area contributed by atoms with E-state index in [1.807, 2.05) is 0 Å². The van der Waals surface area contributed by atoms with Crippen LogP contribution in [0.15, 0.2) is 23.1 Å². The van der Waals surface area contributed by atoms with Gasteiger partial charge in [0.05, 0.1) is 10.8 Å². The molecule has 1 aromatic carbocycles.